The zero-order chi connectivity index (χ0) is 15.4. The second-order valence-corrected chi connectivity index (χ2v) is 5.11. The van der Waals surface area contributed by atoms with Crippen LogP contribution in [0.2, 0.25) is 0 Å². The Hall–Kier alpha value is -2.32. The van der Waals surface area contributed by atoms with Crippen molar-refractivity contribution < 1.29 is 28.7 Å². The van der Waals surface area contributed by atoms with Gasteiger partial charge < -0.3 is 24.4 Å². The van der Waals surface area contributed by atoms with Gasteiger partial charge in [0.2, 0.25) is 6.79 Å². The fourth-order valence-corrected chi connectivity index (χ4v) is 2.37. The Bertz CT molecular complexity index is 572. The van der Waals surface area contributed by atoms with Gasteiger partial charge in [0, 0.05) is 11.8 Å². The number of anilines is 1. The number of hydrogen-bond acceptors (Lipinski definition) is 5. The Kier molecular flexibility index (Phi) is 4.40. The number of urea groups is 1. The summed E-state index contributed by atoms with van der Waals surface area (Å²) in [5.41, 5.74) is 0.535. The van der Waals surface area contributed by atoms with Crippen LogP contribution in [-0.4, -0.2) is 51.6 Å². The van der Waals surface area contributed by atoms with Crippen molar-refractivity contribution >= 4 is 17.6 Å². The van der Waals surface area contributed by atoms with Crippen molar-refractivity contribution in [3.05, 3.63) is 18.2 Å². The Morgan fingerprint density at radius 1 is 1.14 bits per heavy atom. The van der Waals surface area contributed by atoms with Crippen LogP contribution in [0.1, 0.15) is 0 Å². The molecule has 1 fully saturated rings. The van der Waals surface area contributed by atoms with Gasteiger partial charge >= 0.3 is 6.03 Å². The maximum atomic E-state index is 11.8. The second kappa shape index (κ2) is 6.63. The first-order valence-corrected chi connectivity index (χ1v) is 7.12. The van der Waals surface area contributed by atoms with E-state index in [0.717, 1.165) is 18.0 Å². The van der Waals surface area contributed by atoms with Crippen LogP contribution < -0.4 is 25.0 Å². The molecular formula is C14H18N3O5+. The molecule has 118 valence electrons. The first-order chi connectivity index (χ1) is 10.7. The summed E-state index contributed by atoms with van der Waals surface area (Å²) >= 11 is 0. The molecule has 1 aromatic rings. The summed E-state index contributed by atoms with van der Waals surface area (Å²) in [5, 5.41) is 4.92. The summed E-state index contributed by atoms with van der Waals surface area (Å²) in [7, 11) is 0. The van der Waals surface area contributed by atoms with E-state index in [1.807, 2.05) is 0 Å². The van der Waals surface area contributed by atoms with Crippen LogP contribution in [0.15, 0.2) is 18.2 Å². The number of ether oxygens (including phenoxy) is 3. The Labute approximate surface area is 127 Å². The largest absolute Gasteiger partial charge is 0.454 e. The fraction of sp³-hybridized carbons (Fsp3) is 0.429. The van der Waals surface area contributed by atoms with Crippen LogP contribution in [0.5, 0.6) is 11.5 Å². The molecule has 2 heterocycles. The maximum absolute atomic E-state index is 11.8. The number of carbonyl (C=O) groups is 2. The molecule has 3 amide bonds. The molecule has 0 saturated carbocycles. The number of imide groups is 1. The van der Waals surface area contributed by atoms with Gasteiger partial charge in [-0.1, -0.05) is 0 Å². The standard InChI is InChI=1S/C14H17N3O5/c18-13(8-17-3-5-20-6-4-17)16-14(19)15-10-1-2-11-12(7-10)22-9-21-11/h1-2,7H,3-6,8-9H2,(H2,15,16,18,19)/p+1. The molecular weight excluding hydrogens is 290 g/mol. The van der Waals surface area contributed by atoms with Crippen LogP contribution in [0.25, 0.3) is 0 Å². The van der Waals surface area contributed by atoms with Gasteiger partial charge in [0.25, 0.3) is 5.91 Å². The molecule has 3 N–H and O–H groups in total. The summed E-state index contributed by atoms with van der Waals surface area (Å²) in [4.78, 5) is 24.7. The molecule has 0 spiro atoms. The first kappa shape index (κ1) is 14.6. The molecule has 8 nitrogen and oxygen atoms in total. The Morgan fingerprint density at radius 2 is 1.91 bits per heavy atom. The lowest BCUT2D eigenvalue weighted by atomic mass is 10.3. The van der Waals surface area contributed by atoms with E-state index in [2.05, 4.69) is 10.6 Å². The van der Waals surface area contributed by atoms with E-state index in [-0.39, 0.29) is 19.2 Å². The minimum atomic E-state index is -0.559. The average molecular weight is 308 g/mol. The Balaban J connectivity index is 1.48. The topological polar surface area (TPSA) is 90.3 Å². The van der Waals surface area contributed by atoms with Gasteiger partial charge in [-0.3, -0.25) is 10.1 Å². The Morgan fingerprint density at radius 3 is 2.73 bits per heavy atom. The van der Waals surface area contributed by atoms with Crippen molar-refractivity contribution in [2.24, 2.45) is 0 Å². The SMILES string of the molecule is O=C(C[NH+]1CCOCC1)NC(=O)Nc1ccc2c(c1)OCO2. The number of benzene rings is 1. The van der Waals surface area contributed by atoms with Crippen molar-refractivity contribution in [3.8, 4) is 11.5 Å². The number of rotatable bonds is 3. The molecule has 1 saturated heterocycles. The third kappa shape index (κ3) is 3.66. The van der Waals surface area contributed by atoms with Crippen molar-refractivity contribution in [1.29, 1.82) is 0 Å². The molecule has 8 heteroatoms. The van der Waals surface area contributed by atoms with Gasteiger partial charge in [-0.15, -0.1) is 0 Å². The van der Waals surface area contributed by atoms with Gasteiger partial charge in [-0.05, 0) is 12.1 Å². The van der Waals surface area contributed by atoms with Crippen molar-refractivity contribution in [1.82, 2.24) is 5.32 Å². The molecule has 3 rings (SSSR count). The number of nitrogens with one attached hydrogen (secondary N) is 3. The summed E-state index contributed by atoms with van der Waals surface area (Å²) in [5.74, 6) is 0.898. The van der Waals surface area contributed by atoms with E-state index in [0.29, 0.717) is 30.4 Å². The van der Waals surface area contributed by atoms with Gasteiger partial charge in [-0.2, -0.15) is 0 Å². The third-order valence-corrected chi connectivity index (χ3v) is 3.49. The van der Waals surface area contributed by atoms with Crippen LogP contribution in [0.4, 0.5) is 10.5 Å². The van der Waals surface area contributed by atoms with Crippen LogP contribution in [-0.2, 0) is 9.53 Å². The monoisotopic (exact) mass is 308 g/mol. The minimum absolute atomic E-state index is 0.172. The van der Waals surface area contributed by atoms with E-state index < -0.39 is 6.03 Å². The fourth-order valence-electron chi connectivity index (χ4n) is 2.37. The zero-order valence-electron chi connectivity index (χ0n) is 12.0. The highest BCUT2D eigenvalue weighted by atomic mass is 16.7. The smallest absolute Gasteiger partial charge is 0.326 e. The number of carbonyl (C=O) groups excluding carboxylic acids is 2. The summed E-state index contributed by atoms with van der Waals surface area (Å²) in [6, 6.07) is 4.48. The van der Waals surface area contributed by atoms with Crippen molar-refractivity contribution in [2.45, 2.75) is 0 Å². The molecule has 2 aliphatic rings. The van der Waals surface area contributed by atoms with E-state index in [1.54, 1.807) is 18.2 Å². The summed E-state index contributed by atoms with van der Waals surface area (Å²) in [6.07, 6.45) is 0. The molecule has 2 aliphatic heterocycles. The highest BCUT2D eigenvalue weighted by Gasteiger charge is 2.19. The van der Waals surface area contributed by atoms with Gasteiger partial charge in [0.1, 0.15) is 13.1 Å². The average Bonchev–Trinajstić information content (AvgIpc) is 2.95. The number of hydrogen-bond donors (Lipinski definition) is 3. The molecule has 0 aromatic heterocycles. The second-order valence-electron chi connectivity index (χ2n) is 5.11. The third-order valence-electron chi connectivity index (χ3n) is 3.49. The predicted molar refractivity (Wildman–Crippen MR) is 76.1 cm³/mol. The lowest BCUT2D eigenvalue weighted by Gasteiger charge is -2.22. The molecule has 0 aliphatic carbocycles. The zero-order valence-corrected chi connectivity index (χ0v) is 12.0. The summed E-state index contributed by atoms with van der Waals surface area (Å²) in [6.45, 7) is 3.27. The molecule has 22 heavy (non-hydrogen) atoms. The molecule has 0 bridgehead atoms. The van der Waals surface area contributed by atoms with Crippen molar-refractivity contribution in [3.63, 3.8) is 0 Å². The van der Waals surface area contributed by atoms with E-state index in [9.17, 15) is 9.59 Å². The van der Waals surface area contributed by atoms with Gasteiger partial charge in [0.05, 0.1) is 13.2 Å². The van der Waals surface area contributed by atoms with Crippen LogP contribution >= 0.6 is 0 Å². The molecule has 0 atom stereocenters. The first-order valence-electron chi connectivity index (χ1n) is 7.12. The maximum Gasteiger partial charge on any atom is 0.326 e. The minimum Gasteiger partial charge on any atom is -0.454 e. The van der Waals surface area contributed by atoms with E-state index in [1.165, 1.54) is 0 Å². The van der Waals surface area contributed by atoms with Crippen molar-refractivity contribution in [2.75, 3.05) is 45.0 Å². The van der Waals surface area contributed by atoms with Crippen LogP contribution in [0, 0.1) is 0 Å². The quantitative estimate of drug-likeness (QED) is 0.665. The molecule has 0 unspecified atom stereocenters. The summed E-state index contributed by atoms with van der Waals surface area (Å²) < 4.78 is 15.6. The predicted octanol–water partition coefficient (Wildman–Crippen LogP) is -1.02. The van der Waals surface area contributed by atoms with E-state index >= 15 is 0 Å². The van der Waals surface area contributed by atoms with Gasteiger partial charge in [0.15, 0.2) is 18.0 Å². The number of morpholine rings is 1. The lowest BCUT2D eigenvalue weighted by Crippen LogP contribution is -3.15. The van der Waals surface area contributed by atoms with Crippen LogP contribution in [0.3, 0.4) is 0 Å². The van der Waals surface area contributed by atoms with E-state index in [4.69, 9.17) is 14.2 Å². The highest BCUT2D eigenvalue weighted by Crippen LogP contribution is 2.34. The number of amides is 3. The number of quaternary nitrogens is 1. The van der Waals surface area contributed by atoms with Gasteiger partial charge in [-0.25, -0.2) is 4.79 Å². The normalized spacial score (nSPS) is 17.1. The molecule has 0 radical (unpaired) electrons. The lowest BCUT2D eigenvalue weighted by molar-refractivity contribution is -0.900. The molecule has 1 aromatic carbocycles. The number of fused-ring (bicyclic) bond motifs is 1. The highest BCUT2D eigenvalue weighted by molar-refractivity contribution is 6.01.